The van der Waals surface area contributed by atoms with Gasteiger partial charge in [-0.25, -0.2) is 4.79 Å². The van der Waals surface area contributed by atoms with Crippen molar-refractivity contribution in [1.82, 2.24) is 0 Å². The molecule has 0 saturated carbocycles. The third-order valence-corrected chi connectivity index (χ3v) is 1.93. The number of esters is 1. The van der Waals surface area contributed by atoms with Crippen molar-refractivity contribution in [2.75, 3.05) is 6.61 Å². The van der Waals surface area contributed by atoms with E-state index in [1.165, 1.54) is 0 Å². The van der Waals surface area contributed by atoms with Gasteiger partial charge in [-0.3, -0.25) is 4.79 Å². The maximum atomic E-state index is 11.2. The van der Waals surface area contributed by atoms with E-state index in [0.717, 1.165) is 6.42 Å². The van der Waals surface area contributed by atoms with Crippen LogP contribution in [0.25, 0.3) is 0 Å². The van der Waals surface area contributed by atoms with E-state index in [1.54, 1.807) is 6.92 Å². The van der Waals surface area contributed by atoms with Crippen molar-refractivity contribution in [1.29, 1.82) is 0 Å². The Morgan fingerprint density at radius 1 is 1.53 bits per heavy atom. The van der Waals surface area contributed by atoms with Crippen LogP contribution in [0.15, 0.2) is 12.2 Å². The maximum absolute atomic E-state index is 11.2. The monoisotopic (exact) mass is 214 g/mol. The highest BCUT2D eigenvalue weighted by Crippen LogP contribution is 2.09. The third kappa shape index (κ3) is 6.71. The van der Waals surface area contributed by atoms with Gasteiger partial charge in [-0.1, -0.05) is 13.5 Å². The third-order valence-electron chi connectivity index (χ3n) is 1.93. The number of hydrogen-bond acceptors (Lipinski definition) is 4. The first-order valence-electron chi connectivity index (χ1n) is 5.03. The van der Waals surface area contributed by atoms with Gasteiger partial charge in [-0.05, 0) is 26.2 Å². The Morgan fingerprint density at radius 3 is 2.67 bits per heavy atom. The highest BCUT2D eigenvalue weighted by molar-refractivity contribution is 5.87. The average molecular weight is 214 g/mol. The van der Waals surface area contributed by atoms with Crippen LogP contribution in [0.2, 0.25) is 0 Å². The average Bonchev–Trinajstić information content (AvgIpc) is 2.22. The molecule has 0 fully saturated rings. The molecule has 0 aromatic carbocycles. The Kier molecular flexibility index (Phi) is 7.32. The molecule has 0 spiro atoms. The van der Waals surface area contributed by atoms with Gasteiger partial charge in [0.25, 0.3) is 6.47 Å². The van der Waals surface area contributed by atoms with Crippen LogP contribution in [0.5, 0.6) is 0 Å². The van der Waals surface area contributed by atoms with Gasteiger partial charge in [-0.15, -0.1) is 0 Å². The molecule has 0 heterocycles. The molecule has 0 aromatic heterocycles. The first-order chi connectivity index (χ1) is 7.11. The molecule has 0 N–H and O–H groups in total. The molecule has 0 aliphatic heterocycles. The minimum absolute atomic E-state index is 0.121. The summed E-state index contributed by atoms with van der Waals surface area (Å²) in [7, 11) is 0. The highest BCUT2D eigenvalue weighted by atomic mass is 16.5. The Labute approximate surface area is 90.2 Å². The van der Waals surface area contributed by atoms with Crippen molar-refractivity contribution < 1.29 is 19.1 Å². The van der Waals surface area contributed by atoms with Gasteiger partial charge in [0.15, 0.2) is 0 Å². The molecule has 86 valence electrons. The van der Waals surface area contributed by atoms with Crippen molar-refractivity contribution in [2.45, 2.75) is 39.2 Å². The molecule has 0 bridgehead atoms. The van der Waals surface area contributed by atoms with Gasteiger partial charge in [-0.2, -0.15) is 0 Å². The molecular weight excluding hydrogens is 196 g/mol. The van der Waals surface area contributed by atoms with Crippen LogP contribution in [0.1, 0.15) is 33.1 Å². The lowest BCUT2D eigenvalue weighted by molar-refractivity contribution is -0.145. The normalized spacial score (nSPS) is 11.6. The second-order valence-corrected chi connectivity index (χ2v) is 3.33. The molecule has 15 heavy (non-hydrogen) atoms. The van der Waals surface area contributed by atoms with E-state index in [1.807, 2.05) is 6.92 Å². The summed E-state index contributed by atoms with van der Waals surface area (Å²) in [5, 5.41) is 0. The molecular formula is C11H18O4. The number of carbonyl (C=O) groups excluding carboxylic acids is 2. The van der Waals surface area contributed by atoms with Crippen LogP contribution in [-0.2, 0) is 19.1 Å². The van der Waals surface area contributed by atoms with Crippen LogP contribution in [0.4, 0.5) is 0 Å². The SMILES string of the molecule is C=C(C)C(=O)OC(CC)CCCOC=O. The fraction of sp³-hybridized carbons (Fsp3) is 0.636. The minimum Gasteiger partial charge on any atom is -0.468 e. The topological polar surface area (TPSA) is 52.6 Å². The van der Waals surface area contributed by atoms with Gasteiger partial charge in [0, 0.05) is 5.57 Å². The standard InChI is InChI=1S/C11H18O4/c1-4-10(6-5-7-14-8-12)15-11(13)9(2)3/h8,10H,2,4-7H2,1,3H3. The Bertz CT molecular complexity index is 223. The number of rotatable bonds is 8. The first-order valence-corrected chi connectivity index (χ1v) is 5.03. The summed E-state index contributed by atoms with van der Waals surface area (Å²) in [5.74, 6) is -0.363. The van der Waals surface area contributed by atoms with Crippen LogP contribution in [-0.4, -0.2) is 25.2 Å². The van der Waals surface area contributed by atoms with Gasteiger partial charge >= 0.3 is 5.97 Å². The van der Waals surface area contributed by atoms with Gasteiger partial charge in [0.05, 0.1) is 6.61 Å². The maximum Gasteiger partial charge on any atom is 0.333 e. The second-order valence-electron chi connectivity index (χ2n) is 3.33. The fourth-order valence-electron chi connectivity index (χ4n) is 1.04. The predicted octanol–water partition coefficient (Wildman–Crippen LogP) is 1.84. The van der Waals surface area contributed by atoms with Crippen molar-refractivity contribution in [3.05, 3.63) is 12.2 Å². The summed E-state index contributed by atoms with van der Waals surface area (Å²) in [6.45, 7) is 7.85. The summed E-state index contributed by atoms with van der Waals surface area (Å²) in [6, 6.07) is 0. The molecule has 0 aromatic rings. The number of ether oxygens (including phenoxy) is 2. The molecule has 4 heteroatoms. The van der Waals surface area contributed by atoms with Gasteiger partial charge in [0.1, 0.15) is 6.10 Å². The first kappa shape index (κ1) is 13.7. The molecule has 0 radical (unpaired) electrons. The highest BCUT2D eigenvalue weighted by Gasteiger charge is 2.12. The number of carbonyl (C=O) groups is 2. The van der Waals surface area contributed by atoms with Crippen molar-refractivity contribution in [3.8, 4) is 0 Å². The molecule has 0 aliphatic carbocycles. The summed E-state index contributed by atoms with van der Waals surface area (Å²) in [5.41, 5.74) is 0.401. The van der Waals surface area contributed by atoms with Gasteiger partial charge in [0.2, 0.25) is 0 Å². The molecule has 0 aliphatic rings. The summed E-state index contributed by atoms with van der Waals surface area (Å²) in [6.07, 6.45) is 2.02. The van der Waals surface area contributed by atoms with Crippen LogP contribution < -0.4 is 0 Å². The summed E-state index contributed by atoms with van der Waals surface area (Å²) >= 11 is 0. The van der Waals surface area contributed by atoms with Crippen LogP contribution >= 0.6 is 0 Å². The molecule has 4 nitrogen and oxygen atoms in total. The van der Waals surface area contributed by atoms with Crippen molar-refractivity contribution in [3.63, 3.8) is 0 Å². The largest absolute Gasteiger partial charge is 0.468 e. The zero-order chi connectivity index (χ0) is 11.7. The van der Waals surface area contributed by atoms with E-state index >= 15 is 0 Å². The molecule has 0 amide bonds. The van der Waals surface area contributed by atoms with E-state index in [2.05, 4.69) is 11.3 Å². The number of hydrogen-bond donors (Lipinski definition) is 0. The van der Waals surface area contributed by atoms with E-state index < -0.39 is 0 Å². The van der Waals surface area contributed by atoms with Crippen molar-refractivity contribution >= 4 is 12.4 Å². The smallest absolute Gasteiger partial charge is 0.333 e. The van der Waals surface area contributed by atoms with Gasteiger partial charge < -0.3 is 9.47 Å². The Hall–Kier alpha value is -1.32. The second kappa shape index (κ2) is 8.03. The Balaban J connectivity index is 3.77. The van der Waals surface area contributed by atoms with E-state index in [4.69, 9.17) is 4.74 Å². The lowest BCUT2D eigenvalue weighted by atomic mass is 10.1. The zero-order valence-electron chi connectivity index (χ0n) is 9.32. The summed E-state index contributed by atoms with van der Waals surface area (Å²) in [4.78, 5) is 21.1. The quantitative estimate of drug-likeness (QED) is 0.268. The molecule has 0 rings (SSSR count). The lowest BCUT2D eigenvalue weighted by Gasteiger charge is -2.15. The van der Waals surface area contributed by atoms with E-state index in [-0.39, 0.29) is 12.1 Å². The molecule has 1 atom stereocenters. The molecule has 0 saturated heterocycles. The van der Waals surface area contributed by atoms with E-state index in [9.17, 15) is 9.59 Å². The van der Waals surface area contributed by atoms with E-state index in [0.29, 0.717) is 31.5 Å². The Morgan fingerprint density at radius 2 is 2.20 bits per heavy atom. The zero-order valence-corrected chi connectivity index (χ0v) is 9.32. The van der Waals surface area contributed by atoms with Crippen molar-refractivity contribution in [2.24, 2.45) is 0 Å². The summed E-state index contributed by atoms with van der Waals surface area (Å²) < 4.78 is 9.70. The lowest BCUT2D eigenvalue weighted by Crippen LogP contribution is -2.18. The minimum atomic E-state index is -0.363. The predicted molar refractivity (Wildman–Crippen MR) is 56.2 cm³/mol. The van der Waals surface area contributed by atoms with Crippen LogP contribution in [0, 0.1) is 0 Å². The van der Waals surface area contributed by atoms with Crippen LogP contribution in [0.3, 0.4) is 0 Å². The fourth-order valence-corrected chi connectivity index (χ4v) is 1.04. The molecule has 1 unspecified atom stereocenters.